The molecule has 1 aliphatic heterocycles. The fourth-order valence-corrected chi connectivity index (χ4v) is 2.68. The van der Waals surface area contributed by atoms with Gasteiger partial charge in [0.15, 0.2) is 0 Å². The second-order valence-electron chi connectivity index (χ2n) is 5.47. The molecule has 0 atom stereocenters. The lowest BCUT2D eigenvalue weighted by Gasteiger charge is -2.38. The number of aromatic amines is 1. The molecule has 0 bridgehead atoms. The topological polar surface area (TPSA) is 79.9 Å². The average molecular weight is 302 g/mol. The van der Waals surface area contributed by atoms with Crippen LogP contribution in [-0.4, -0.2) is 65.6 Å². The largest absolute Gasteiger partial charge is 0.477 e. The molecule has 1 aromatic carbocycles. The van der Waals surface area contributed by atoms with E-state index in [0.717, 1.165) is 49.2 Å². The summed E-state index contributed by atoms with van der Waals surface area (Å²) in [5, 5.41) is 13.4. The Labute approximate surface area is 127 Å². The van der Waals surface area contributed by atoms with Crippen LogP contribution in [0.3, 0.4) is 0 Å². The van der Waals surface area contributed by atoms with Gasteiger partial charge in [-0.15, -0.1) is 0 Å². The maximum Gasteiger partial charge on any atom is 0.352 e. The SMILES string of the molecule is CN1CCN(N(C=O)c2ccc3[nH]c(C(=O)O)cc3c2)CC1. The second kappa shape index (κ2) is 5.78. The molecule has 1 aliphatic rings. The first-order valence-corrected chi connectivity index (χ1v) is 7.12. The van der Waals surface area contributed by atoms with Crippen LogP contribution in [-0.2, 0) is 4.79 Å². The lowest BCUT2D eigenvalue weighted by atomic mass is 10.2. The van der Waals surface area contributed by atoms with Gasteiger partial charge < -0.3 is 15.0 Å². The number of hydrazine groups is 1. The van der Waals surface area contributed by atoms with Gasteiger partial charge in [-0.3, -0.25) is 4.79 Å². The molecule has 0 aliphatic carbocycles. The standard InChI is InChI=1S/C15H18N4O3/c1-17-4-6-18(7-5-17)19(10-20)12-2-3-13-11(8-12)9-14(16-13)15(21)22/h2-3,8-10,16H,4-7H2,1H3,(H,21,22). The number of anilines is 1. The minimum absolute atomic E-state index is 0.143. The summed E-state index contributed by atoms with van der Waals surface area (Å²) in [5.74, 6) is -0.996. The first-order valence-electron chi connectivity index (χ1n) is 7.12. The van der Waals surface area contributed by atoms with E-state index in [2.05, 4.69) is 16.9 Å². The molecule has 116 valence electrons. The number of piperazine rings is 1. The predicted octanol–water partition coefficient (Wildman–Crippen LogP) is 0.991. The minimum Gasteiger partial charge on any atom is -0.477 e. The van der Waals surface area contributed by atoms with E-state index >= 15 is 0 Å². The highest BCUT2D eigenvalue weighted by Gasteiger charge is 2.21. The smallest absolute Gasteiger partial charge is 0.352 e. The van der Waals surface area contributed by atoms with Gasteiger partial charge in [0.2, 0.25) is 6.41 Å². The molecule has 1 fully saturated rings. The molecule has 2 heterocycles. The van der Waals surface area contributed by atoms with Crippen LogP contribution in [0, 0.1) is 0 Å². The molecule has 0 spiro atoms. The van der Waals surface area contributed by atoms with Crippen molar-refractivity contribution in [1.29, 1.82) is 0 Å². The maximum absolute atomic E-state index is 11.5. The Morgan fingerprint density at radius 2 is 2.00 bits per heavy atom. The quantitative estimate of drug-likeness (QED) is 0.823. The Morgan fingerprint density at radius 3 is 2.64 bits per heavy atom. The molecule has 7 heteroatoms. The average Bonchev–Trinajstić information content (AvgIpc) is 2.93. The van der Waals surface area contributed by atoms with Crippen LogP contribution in [0.15, 0.2) is 24.3 Å². The van der Waals surface area contributed by atoms with Gasteiger partial charge in [0.05, 0.1) is 5.69 Å². The van der Waals surface area contributed by atoms with Gasteiger partial charge in [-0.2, -0.15) is 0 Å². The van der Waals surface area contributed by atoms with Gasteiger partial charge in [-0.1, -0.05) is 0 Å². The van der Waals surface area contributed by atoms with Crippen molar-refractivity contribution in [2.75, 3.05) is 38.2 Å². The normalized spacial score (nSPS) is 16.8. The number of carbonyl (C=O) groups is 2. The number of fused-ring (bicyclic) bond motifs is 1. The number of carboxylic acid groups (broad SMARTS) is 1. The molecule has 2 aromatic rings. The number of aromatic carboxylic acids is 1. The lowest BCUT2D eigenvalue weighted by molar-refractivity contribution is -0.110. The van der Waals surface area contributed by atoms with E-state index in [1.165, 1.54) is 0 Å². The molecule has 0 saturated carbocycles. The van der Waals surface area contributed by atoms with E-state index in [1.807, 2.05) is 17.1 Å². The first-order chi connectivity index (χ1) is 10.6. The van der Waals surface area contributed by atoms with E-state index in [1.54, 1.807) is 17.1 Å². The van der Waals surface area contributed by atoms with Crippen molar-refractivity contribution in [2.45, 2.75) is 0 Å². The fraction of sp³-hybridized carbons (Fsp3) is 0.333. The van der Waals surface area contributed by atoms with Crippen molar-refractivity contribution in [3.8, 4) is 0 Å². The molecule has 0 radical (unpaired) electrons. The van der Waals surface area contributed by atoms with Crippen molar-refractivity contribution in [3.63, 3.8) is 0 Å². The van der Waals surface area contributed by atoms with Gasteiger partial charge in [0.25, 0.3) is 0 Å². The van der Waals surface area contributed by atoms with Crippen molar-refractivity contribution in [1.82, 2.24) is 14.9 Å². The molecule has 1 saturated heterocycles. The number of amides is 1. The van der Waals surface area contributed by atoms with E-state index in [4.69, 9.17) is 5.11 Å². The van der Waals surface area contributed by atoms with E-state index in [-0.39, 0.29) is 5.69 Å². The Hall–Kier alpha value is -2.38. The summed E-state index contributed by atoms with van der Waals surface area (Å²) in [6.07, 6.45) is 0.803. The minimum atomic E-state index is -0.996. The number of carbonyl (C=O) groups excluding carboxylic acids is 1. The van der Waals surface area contributed by atoms with Crippen LogP contribution in [0.1, 0.15) is 10.5 Å². The number of hydrogen-bond acceptors (Lipinski definition) is 4. The number of rotatable bonds is 4. The Kier molecular flexibility index (Phi) is 3.82. The van der Waals surface area contributed by atoms with Gasteiger partial charge >= 0.3 is 5.97 Å². The number of carboxylic acids is 1. The van der Waals surface area contributed by atoms with E-state index < -0.39 is 5.97 Å². The third kappa shape index (κ3) is 2.68. The molecule has 1 amide bonds. The number of hydrogen-bond donors (Lipinski definition) is 2. The van der Waals surface area contributed by atoms with Crippen molar-refractivity contribution in [3.05, 3.63) is 30.0 Å². The number of likely N-dealkylation sites (N-methyl/N-ethyl adjacent to an activating group) is 1. The van der Waals surface area contributed by atoms with Crippen LogP contribution < -0.4 is 5.01 Å². The van der Waals surface area contributed by atoms with E-state index in [0.29, 0.717) is 0 Å². The molecule has 2 N–H and O–H groups in total. The summed E-state index contributed by atoms with van der Waals surface area (Å²) in [7, 11) is 2.06. The van der Waals surface area contributed by atoms with E-state index in [9.17, 15) is 9.59 Å². The van der Waals surface area contributed by atoms with Crippen molar-refractivity contribution < 1.29 is 14.7 Å². The molecular weight excluding hydrogens is 284 g/mol. The van der Waals surface area contributed by atoms with Crippen LogP contribution >= 0.6 is 0 Å². The lowest BCUT2D eigenvalue weighted by Crippen LogP contribution is -2.52. The highest BCUT2D eigenvalue weighted by atomic mass is 16.4. The Bertz CT molecular complexity index is 704. The van der Waals surface area contributed by atoms with Gasteiger partial charge in [-0.05, 0) is 31.3 Å². The van der Waals surface area contributed by atoms with Crippen LogP contribution in [0.4, 0.5) is 5.69 Å². The number of H-pyrrole nitrogens is 1. The molecule has 7 nitrogen and oxygen atoms in total. The van der Waals surface area contributed by atoms with Gasteiger partial charge in [0, 0.05) is 37.1 Å². The Balaban J connectivity index is 1.90. The van der Waals surface area contributed by atoms with Gasteiger partial charge in [0.1, 0.15) is 5.69 Å². The van der Waals surface area contributed by atoms with Crippen molar-refractivity contribution in [2.24, 2.45) is 0 Å². The second-order valence-corrected chi connectivity index (χ2v) is 5.47. The maximum atomic E-state index is 11.5. The number of aromatic nitrogens is 1. The number of nitrogens with one attached hydrogen (secondary N) is 1. The molecule has 22 heavy (non-hydrogen) atoms. The third-order valence-corrected chi connectivity index (χ3v) is 3.98. The van der Waals surface area contributed by atoms with Crippen LogP contribution in [0.5, 0.6) is 0 Å². The highest BCUT2D eigenvalue weighted by Crippen LogP contribution is 2.24. The summed E-state index contributed by atoms with van der Waals surface area (Å²) >= 11 is 0. The molecule has 0 unspecified atom stereocenters. The van der Waals surface area contributed by atoms with Gasteiger partial charge in [-0.25, -0.2) is 14.8 Å². The highest BCUT2D eigenvalue weighted by molar-refractivity contribution is 5.95. The first kappa shape index (κ1) is 14.6. The number of benzene rings is 1. The summed E-state index contributed by atoms with van der Waals surface area (Å²) in [4.78, 5) is 27.6. The van der Waals surface area contributed by atoms with Crippen LogP contribution in [0.25, 0.3) is 10.9 Å². The third-order valence-electron chi connectivity index (χ3n) is 3.98. The fourth-order valence-electron chi connectivity index (χ4n) is 2.68. The molecular formula is C15H18N4O3. The van der Waals surface area contributed by atoms with Crippen LogP contribution in [0.2, 0.25) is 0 Å². The van der Waals surface area contributed by atoms with Crippen molar-refractivity contribution >= 4 is 29.0 Å². The predicted molar refractivity (Wildman–Crippen MR) is 82.9 cm³/mol. The zero-order valence-corrected chi connectivity index (χ0v) is 12.3. The molecule has 1 aromatic heterocycles. The summed E-state index contributed by atoms with van der Waals surface area (Å²) in [6, 6.07) is 7.01. The zero-order valence-electron chi connectivity index (χ0n) is 12.3. The molecule has 3 rings (SSSR count). The summed E-state index contributed by atoms with van der Waals surface area (Å²) in [6.45, 7) is 3.36. The Morgan fingerprint density at radius 1 is 1.27 bits per heavy atom. The monoisotopic (exact) mass is 302 g/mol. The zero-order chi connectivity index (χ0) is 15.7. The summed E-state index contributed by atoms with van der Waals surface area (Å²) in [5.41, 5.74) is 1.62. The summed E-state index contributed by atoms with van der Waals surface area (Å²) < 4.78 is 0. The number of nitrogens with zero attached hydrogens (tertiary/aromatic N) is 3.